The Kier molecular flexibility index (Phi) is 5.71. The van der Waals surface area contributed by atoms with Gasteiger partial charge in [-0.05, 0) is 65.5 Å². The van der Waals surface area contributed by atoms with Gasteiger partial charge in [-0.25, -0.2) is 4.79 Å². The van der Waals surface area contributed by atoms with Crippen LogP contribution in [0.1, 0.15) is 15.9 Å². The van der Waals surface area contributed by atoms with Crippen molar-refractivity contribution in [3.05, 3.63) is 100 Å². The Hall–Kier alpha value is -4.06. The molecule has 4 rings (SSSR count). The van der Waals surface area contributed by atoms with Gasteiger partial charge in [0, 0.05) is 11.6 Å². The molecule has 0 spiro atoms. The molecule has 0 saturated heterocycles. The zero-order valence-corrected chi connectivity index (χ0v) is 17.2. The zero-order valence-electron chi connectivity index (χ0n) is 17.2. The summed E-state index contributed by atoms with van der Waals surface area (Å²) >= 11 is 0. The van der Waals surface area contributed by atoms with E-state index >= 15 is 0 Å². The fourth-order valence-electron chi connectivity index (χ4n) is 3.32. The van der Waals surface area contributed by atoms with Gasteiger partial charge in [0.05, 0.1) is 26.3 Å². The van der Waals surface area contributed by atoms with Crippen LogP contribution in [0.5, 0.6) is 17.2 Å². The number of esters is 1. The molecule has 0 aliphatic rings. The standard InChI is InChI=1S/C25H21NO5/c1-29-20-8-6-17(7-9-20)16-26-13-12-18-14-22(10-11-23(18)24(26)27)31-21-5-3-4-19(15-21)25(28)30-2/h3-15H,16H2,1-2H3. The van der Waals surface area contributed by atoms with Crippen LogP contribution in [0.3, 0.4) is 0 Å². The Bertz CT molecular complexity index is 1290. The van der Waals surface area contributed by atoms with Crippen molar-refractivity contribution in [1.82, 2.24) is 4.57 Å². The summed E-state index contributed by atoms with van der Waals surface area (Å²) < 4.78 is 17.5. The third-order valence-corrected chi connectivity index (χ3v) is 4.95. The van der Waals surface area contributed by atoms with E-state index in [0.29, 0.717) is 29.0 Å². The van der Waals surface area contributed by atoms with Gasteiger partial charge in [-0.3, -0.25) is 4.79 Å². The Labute approximate surface area is 179 Å². The second-order valence-corrected chi connectivity index (χ2v) is 6.97. The van der Waals surface area contributed by atoms with Crippen molar-refractivity contribution in [3.63, 3.8) is 0 Å². The highest BCUT2D eigenvalue weighted by Crippen LogP contribution is 2.25. The number of nitrogens with zero attached hydrogens (tertiary/aromatic N) is 1. The second-order valence-electron chi connectivity index (χ2n) is 6.97. The van der Waals surface area contributed by atoms with Crippen molar-refractivity contribution < 1.29 is 19.0 Å². The number of carbonyl (C=O) groups is 1. The Morgan fingerprint density at radius 2 is 1.61 bits per heavy atom. The van der Waals surface area contributed by atoms with Gasteiger partial charge in [-0.15, -0.1) is 0 Å². The number of rotatable bonds is 6. The van der Waals surface area contributed by atoms with Crippen LogP contribution in [0, 0.1) is 0 Å². The molecule has 0 fully saturated rings. The lowest BCUT2D eigenvalue weighted by atomic mass is 10.1. The average molecular weight is 415 g/mol. The highest BCUT2D eigenvalue weighted by atomic mass is 16.5. The summed E-state index contributed by atoms with van der Waals surface area (Å²) in [7, 11) is 2.96. The molecule has 1 aromatic heterocycles. The number of hydrogen-bond acceptors (Lipinski definition) is 5. The van der Waals surface area contributed by atoms with Gasteiger partial charge in [-0.2, -0.15) is 0 Å². The van der Waals surface area contributed by atoms with Gasteiger partial charge in [0.25, 0.3) is 5.56 Å². The van der Waals surface area contributed by atoms with Crippen molar-refractivity contribution in [1.29, 1.82) is 0 Å². The summed E-state index contributed by atoms with van der Waals surface area (Å²) in [5.41, 5.74) is 1.34. The van der Waals surface area contributed by atoms with E-state index < -0.39 is 5.97 Å². The van der Waals surface area contributed by atoms with E-state index in [1.54, 1.807) is 60.3 Å². The monoisotopic (exact) mass is 415 g/mol. The first-order chi connectivity index (χ1) is 15.1. The molecule has 0 atom stereocenters. The minimum Gasteiger partial charge on any atom is -0.497 e. The number of aromatic nitrogens is 1. The molecule has 0 unspecified atom stereocenters. The normalized spacial score (nSPS) is 10.6. The topological polar surface area (TPSA) is 66.8 Å². The minimum atomic E-state index is -0.429. The van der Waals surface area contributed by atoms with Crippen LogP contribution in [0.2, 0.25) is 0 Å². The van der Waals surface area contributed by atoms with E-state index in [4.69, 9.17) is 14.2 Å². The van der Waals surface area contributed by atoms with Crippen LogP contribution in [0.25, 0.3) is 10.8 Å². The van der Waals surface area contributed by atoms with Crippen LogP contribution < -0.4 is 15.0 Å². The molecule has 0 radical (unpaired) electrons. The smallest absolute Gasteiger partial charge is 0.337 e. The van der Waals surface area contributed by atoms with Crippen LogP contribution in [0.4, 0.5) is 0 Å². The summed E-state index contributed by atoms with van der Waals surface area (Å²) in [5, 5.41) is 1.38. The van der Waals surface area contributed by atoms with Crippen LogP contribution in [-0.2, 0) is 11.3 Å². The molecule has 0 saturated carbocycles. The van der Waals surface area contributed by atoms with Gasteiger partial charge < -0.3 is 18.8 Å². The predicted octanol–water partition coefficient (Wildman–Crippen LogP) is 4.64. The van der Waals surface area contributed by atoms with Gasteiger partial charge >= 0.3 is 5.97 Å². The molecule has 3 aromatic carbocycles. The zero-order chi connectivity index (χ0) is 21.8. The molecule has 4 aromatic rings. The quantitative estimate of drug-likeness (QED) is 0.429. The summed E-state index contributed by atoms with van der Waals surface area (Å²) in [5.74, 6) is 1.43. The maximum atomic E-state index is 12.9. The van der Waals surface area contributed by atoms with Gasteiger partial charge in [-0.1, -0.05) is 18.2 Å². The first kappa shape index (κ1) is 20.2. The molecule has 6 heteroatoms. The maximum Gasteiger partial charge on any atom is 0.337 e. The first-order valence-electron chi connectivity index (χ1n) is 9.70. The molecule has 0 amide bonds. The van der Waals surface area contributed by atoms with E-state index in [-0.39, 0.29) is 5.56 Å². The van der Waals surface area contributed by atoms with Crippen molar-refractivity contribution in [2.24, 2.45) is 0 Å². The van der Waals surface area contributed by atoms with Crippen LogP contribution >= 0.6 is 0 Å². The van der Waals surface area contributed by atoms with Crippen molar-refractivity contribution in [2.45, 2.75) is 6.54 Å². The van der Waals surface area contributed by atoms with Gasteiger partial charge in [0.1, 0.15) is 17.2 Å². The number of benzene rings is 3. The molecule has 0 N–H and O–H groups in total. The molecule has 1 heterocycles. The Morgan fingerprint density at radius 3 is 2.35 bits per heavy atom. The SMILES string of the molecule is COC(=O)c1cccc(Oc2ccc3c(=O)n(Cc4ccc(OC)cc4)ccc3c2)c1. The van der Waals surface area contributed by atoms with Crippen molar-refractivity contribution >= 4 is 16.7 Å². The molecule has 156 valence electrons. The van der Waals surface area contributed by atoms with Crippen molar-refractivity contribution in [3.8, 4) is 17.2 Å². The number of methoxy groups -OCH3 is 2. The molecule has 31 heavy (non-hydrogen) atoms. The molecule has 0 bridgehead atoms. The van der Waals surface area contributed by atoms with Gasteiger partial charge in [0.2, 0.25) is 0 Å². The second kappa shape index (κ2) is 8.75. The first-order valence-corrected chi connectivity index (χ1v) is 9.70. The molecule has 0 aliphatic carbocycles. The lowest BCUT2D eigenvalue weighted by Crippen LogP contribution is -2.19. The summed E-state index contributed by atoms with van der Waals surface area (Å²) in [6.45, 7) is 0.470. The lowest BCUT2D eigenvalue weighted by Gasteiger charge is -2.10. The van der Waals surface area contributed by atoms with E-state index in [9.17, 15) is 9.59 Å². The fourth-order valence-corrected chi connectivity index (χ4v) is 3.32. The summed E-state index contributed by atoms with van der Waals surface area (Å²) in [6, 6.07) is 21.6. The Balaban J connectivity index is 1.58. The van der Waals surface area contributed by atoms with Crippen LogP contribution in [0.15, 0.2) is 83.8 Å². The Morgan fingerprint density at radius 1 is 0.871 bits per heavy atom. The maximum absolute atomic E-state index is 12.9. The molecular weight excluding hydrogens is 394 g/mol. The van der Waals surface area contributed by atoms with Crippen LogP contribution in [-0.4, -0.2) is 24.8 Å². The average Bonchev–Trinajstić information content (AvgIpc) is 2.81. The number of carbonyl (C=O) groups excluding carboxylic acids is 1. The molecular formula is C25H21NO5. The molecule has 6 nitrogen and oxygen atoms in total. The van der Waals surface area contributed by atoms with Crippen molar-refractivity contribution in [2.75, 3.05) is 14.2 Å². The number of hydrogen-bond donors (Lipinski definition) is 0. The predicted molar refractivity (Wildman–Crippen MR) is 118 cm³/mol. The highest BCUT2D eigenvalue weighted by Gasteiger charge is 2.09. The third kappa shape index (κ3) is 4.43. The van der Waals surface area contributed by atoms with E-state index in [1.165, 1.54) is 7.11 Å². The number of fused-ring (bicyclic) bond motifs is 1. The molecule has 0 aliphatic heterocycles. The third-order valence-electron chi connectivity index (χ3n) is 4.95. The lowest BCUT2D eigenvalue weighted by molar-refractivity contribution is 0.0600. The minimum absolute atomic E-state index is 0.0763. The van der Waals surface area contributed by atoms with Gasteiger partial charge in [0.15, 0.2) is 0 Å². The number of ether oxygens (including phenoxy) is 3. The van der Waals surface area contributed by atoms with E-state index in [1.807, 2.05) is 30.3 Å². The number of pyridine rings is 1. The summed E-state index contributed by atoms with van der Waals surface area (Å²) in [6.07, 6.45) is 1.77. The summed E-state index contributed by atoms with van der Waals surface area (Å²) in [4.78, 5) is 24.6. The van der Waals surface area contributed by atoms with E-state index in [2.05, 4.69) is 0 Å². The van der Waals surface area contributed by atoms with E-state index in [0.717, 1.165) is 16.7 Å². The largest absolute Gasteiger partial charge is 0.497 e. The fraction of sp³-hybridized carbons (Fsp3) is 0.120. The highest BCUT2D eigenvalue weighted by molar-refractivity contribution is 5.89.